The van der Waals surface area contributed by atoms with E-state index in [4.69, 9.17) is 0 Å². The molecule has 124 valence electrons. The van der Waals surface area contributed by atoms with Crippen molar-refractivity contribution < 1.29 is 5.11 Å². The predicted octanol–water partition coefficient (Wildman–Crippen LogP) is 2.57. The Morgan fingerprint density at radius 3 is 2.76 bits per heavy atom. The summed E-state index contributed by atoms with van der Waals surface area (Å²) >= 11 is 0. The van der Waals surface area contributed by atoms with E-state index < -0.39 is 6.10 Å². The molecule has 0 saturated heterocycles. The second-order valence-electron chi connectivity index (χ2n) is 5.45. The summed E-state index contributed by atoms with van der Waals surface area (Å²) in [5, 5.41) is 36.4. The van der Waals surface area contributed by atoms with Gasteiger partial charge in [0.25, 0.3) is 0 Å². The van der Waals surface area contributed by atoms with E-state index in [1.165, 1.54) is 6.20 Å². The van der Waals surface area contributed by atoms with E-state index in [-0.39, 0.29) is 11.4 Å². The third kappa shape index (κ3) is 3.71. The van der Waals surface area contributed by atoms with Gasteiger partial charge >= 0.3 is 0 Å². The van der Waals surface area contributed by atoms with E-state index in [0.29, 0.717) is 11.3 Å². The Labute approximate surface area is 144 Å². The number of aromatic nitrogens is 4. The molecule has 3 rings (SSSR count). The molecule has 25 heavy (non-hydrogen) atoms. The largest absolute Gasteiger partial charge is 0.384 e. The number of tetrazole rings is 1. The van der Waals surface area contributed by atoms with E-state index in [2.05, 4.69) is 25.9 Å². The zero-order chi connectivity index (χ0) is 17.6. The van der Waals surface area contributed by atoms with Crippen molar-refractivity contribution in [3.63, 3.8) is 0 Å². The number of hydrogen-bond donors (Lipinski definition) is 3. The lowest BCUT2D eigenvalue weighted by atomic mass is 9.98. The first-order valence-electron chi connectivity index (χ1n) is 7.63. The summed E-state index contributed by atoms with van der Waals surface area (Å²) < 4.78 is 0. The van der Waals surface area contributed by atoms with Crippen LogP contribution in [0.3, 0.4) is 0 Å². The molecule has 1 atom stereocenters. The number of anilines is 1. The number of benzene rings is 2. The molecule has 0 aliphatic rings. The fourth-order valence-corrected chi connectivity index (χ4v) is 2.43. The van der Waals surface area contributed by atoms with E-state index in [0.717, 1.165) is 11.1 Å². The molecule has 3 aromatic rings. The monoisotopic (exact) mass is 332 g/mol. The Bertz CT molecular complexity index is 912. The molecule has 0 bridgehead atoms. The summed E-state index contributed by atoms with van der Waals surface area (Å²) in [6.07, 6.45) is 0.712. The topological polar surface area (TPSA) is 111 Å². The van der Waals surface area contributed by atoms with Crippen molar-refractivity contribution in [1.82, 2.24) is 20.6 Å². The van der Waals surface area contributed by atoms with Crippen molar-refractivity contribution in [2.24, 2.45) is 0 Å². The first-order valence-corrected chi connectivity index (χ1v) is 7.63. The Morgan fingerprint density at radius 2 is 2.08 bits per heavy atom. The summed E-state index contributed by atoms with van der Waals surface area (Å²) in [7, 11) is 0. The van der Waals surface area contributed by atoms with Gasteiger partial charge in [0.1, 0.15) is 17.7 Å². The molecule has 1 aromatic heterocycles. The van der Waals surface area contributed by atoms with Gasteiger partial charge < -0.3 is 10.4 Å². The lowest BCUT2D eigenvalue weighted by Crippen LogP contribution is -2.04. The van der Waals surface area contributed by atoms with E-state index in [1.807, 2.05) is 61.5 Å². The maximum absolute atomic E-state index is 10.7. The zero-order valence-corrected chi connectivity index (χ0v) is 13.5. The van der Waals surface area contributed by atoms with Gasteiger partial charge in [-0.15, -0.1) is 10.2 Å². The number of aliphatic hydroxyl groups excluding tert-OH is 1. The first kappa shape index (κ1) is 16.4. The molecular weight excluding hydrogens is 316 g/mol. The third-order valence-corrected chi connectivity index (χ3v) is 3.70. The normalized spacial score (nSPS) is 12.4. The van der Waals surface area contributed by atoms with Gasteiger partial charge in [0.15, 0.2) is 0 Å². The molecule has 1 heterocycles. The minimum atomic E-state index is -0.785. The number of nitrogens with zero attached hydrogens (tertiary/aromatic N) is 4. The Kier molecular flexibility index (Phi) is 4.83. The SMILES string of the molecule is Cc1ccc(NC=C(C#N)c2nn[nH]n2)c(C(O)c2ccccc2)c1. The van der Waals surface area contributed by atoms with Crippen molar-refractivity contribution >= 4 is 11.3 Å². The van der Waals surface area contributed by atoms with Crippen molar-refractivity contribution in [1.29, 1.82) is 5.26 Å². The highest BCUT2D eigenvalue weighted by atomic mass is 16.3. The number of allylic oxidation sites excluding steroid dienone is 1. The molecule has 0 aliphatic heterocycles. The highest BCUT2D eigenvalue weighted by Crippen LogP contribution is 2.29. The number of hydrogen-bond acceptors (Lipinski definition) is 6. The lowest BCUT2D eigenvalue weighted by Gasteiger charge is -2.17. The highest BCUT2D eigenvalue weighted by Gasteiger charge is 2.15. The van der Waals surface area contributed by atoms with Crippen LogP contribution in [0.4, 0.5) is 5.69 Å². The van der Waals surface area contributed by atoms with Gasteiger partial charge in [0, 0.05) is 17.5 Å². The second kappa shape index (κ2) is 7.38. The maximum Gasteiger partial charge on any atom is 0.216 e. The second-order valence-corrected chi connectivity index (χ2v) is 5.45. The quantitative estimate of drug-likeness (QED) is 0.619. The fraction of sp³-hybridized carbons (Fsp3) is 0.111. The molecule has 3 N–H and O–H groups in total. The average molecular weight is 332 g/mol. The molecule has 2 aromatic carbocycles. The van der Waals surface area contributed by atoms with Gasteiger partial charge in [0.2, 0.25) is 5.82 Å². The van der Waals surface area contributed by atoms with Crippen LogP contribution in [0.25, 0.3) is 5.57 Å². The van der Waals surface area contributed by atoms with Crippen LogP contribution in [-0.4, -0.2) is 25.7 Å². The molecule has 0 amide bonds. The molecule has 1 unspecified atom stereocenters. The predicted molar refractivity (Wildman–Crippen MR) is 93.1 cm³/mol. The maximum atomic E-state index is 10.7. The van der Waals surface area contributed by atoms with Crippen LogP contribution in [0.5, 0.6) is 0 Å². The molecule has 0 spiro atoms. The summed E-state index contributed by atoms with van der Waals surface area (Å²) in [6, 6.07) is 17.1. The third-order valence-electron chi connectivity index (χ3n) is 3.70. The van der Waals surface area contributed by atoms with Crippen molar-refractivity contribution in [2.75, 3.05) is 5.32 Å². The minimum Gasteiger partial charge on any atom is -0.384 e. The number of aromatic amines is 1. The van der Waals surface area contributed by atoms with E-state index in [9.17, 15) is 10.4 Å². The number of aryl methyl sites for hydroxylation is 1. The van der Waals surface area contributed by atoms with Gasteiger partial charge in [-0.25, -0.2) is 0 Å². The van der Waals surface area contributed by atoms with Gasteiger partial charge in [-0.2, -0.15) is 10.5 Å². The summed E-state index contributed by atoms with van der Waals surface area (Å²) in [4.78, 5) is 0. The van der Waals surface area contributed by atoms with Crippen LogP contribution in [0.1, 0.15) is 28.6 Å². The molecule has 0 saturated carbocycles. The molecule has 0 aliphatic carbocycles. The van der Waals surface area contributed by atoms with Crippen molar-refractivity contribution in [3.8, 4) is 6.07 Å². The standard InChI is InChI=1S/C18H16N6O/c1-12-7-8-16(20-11-14(10-19)18-21-23-24-22-18)15(9-12)17(25)13-5-3-2-4-6-13/h2-9,11,17,20,25H,1H3,(H,21,22,23,24). The highest BCUT2D eigenvalue weighted by molar-refractivity contribution is 5.74. The molecular formula is C18H16N6O. The smallest absolute Gasteiger partial charge is 0.216 e. The number of H-pyrrole nitrogens is 1. The van der Waals surface area contributed by atoms with Gasteiger partial charge in [0.05, 0.1) is 0 Å². The summed E-state index contributed by atoms with van der Waals surface area (Å²) in [6.45, 7) is 1.96. The van der Waals surface area contributed by atoms with Crippen LogP contribution in [0, 0.1) is 18.3 Å². The molecule has 7 heteroatoms. The van der Waals surface area contributed by atoms with Crippen LogP contribution in [0.15, 0.2) is 54.7 Å². The summed E-state index contributed by atoms with van der Waals surface area (Å²) in [5.74, 6) is 0.201. The van der Waals surface area contributed by atoms with E-state index >= 15 is 0 Å². The minimum absolute atomic E-state index is 0.201. The van der Waals surface area contributed by atoms with Crippen LogP contribution >= 0.6 is 0 Å². The van der Waals surface area contributed by atoms with Crippen molar-refractivity contribution in [2.45, 2.75) is 13.0 Å². The number of nitriles is 1. The average Bonchev–Trinajstić information content (AvgIpc) is 3.18. The van der Waals surface area contributed by atoms with Crippen LogP contribution < -0.4 is 5.32 Å². The van der Waals surface area contributed by atoms with Gasteiger partial charge in [-0.3, -0.25) is 0 Å². The van der Waals surface area contributed by atoms with Crippen molar-refractivity contribution in [3.05, 3.63) is 77.2 Å². The van der Waals surface area contributed by atoms with Crippen LogP contribution in [0.2, 0.25) is 0 Å². The van der Waals surface area contributed by atoms with Gasteiger partial charge in [-0.1, -0.05) is 48.0 Å². The van der Waals surface area contributed by atoms with E-state index in [1.54, 1.807) is 0 Å². The first-order chi connectivity index (χ1) is 12.2. The zero-order valence-electron chi connectivity index (χ0n) is 13.5. The Morgan fingerprint density at radius 1 is 1.28 bits per heavy atom. The van der Waals surface area contributed by atoms with Gasteiger partial charge in [-0.05, 0) is 23.8 Å². The number of nitrogens with one attached hydrogen (secondary N) is 2. The molecule has 0 radical (unpaired) electrons. The Hall–Kier alpha value is -3.50. The number of aliphatic hydroxyl groups is 1. The molecule has 0 fully saturated rings. The Balaban J connectivity index is 1.93. The fourth-order valence-electron chi connectivity index (χ4n) is 2.43. The number of rotatable bonds is 5. The summed E-state index contributed by atoms with van der Waals surface area (Å²) in [5.41, 5.74) is 3.46. The molecule has 7 nitrogen and oxygen atoms in total. The van der Waals surface area contributed by atoms with Crippen LogP contribution in [-0.2, 0) is 0 Å². The lowest BCUT2D eigenvalue weighted by molar-refractivity contribution is 0.221.